The number of halogens is 1. The van der Waals surface area contributed by atoms with Gasteiger partial charge in [0, 0.05) is 12.1 Å². The lowest BCUT2D eigenvalue weighted by Crippen LogP contribution is -2.21. The average Bonchev–Trinajstić information content (AvgIpc) is 2.86. The minimum Gasteiger partial charge on any atom is -0.310 e. The molecule has 1 aromatic carbocycles. The summed E-state index contributed by atoms with van der Waals surface area (Å²) in [5.74, 6) is 0.0594. The molecule has 1 N–H and O–H groups in total. The number of rotatable bonds is 6. The Hall–Kier alpha value is -2.42. The van der Waals surface area contributed by atoms with Crippen LogP contribution >= 0.6 is 0 Å². The molecule has 0 amide bonds. The maximum Gasteiger partial charge on any atom is 0.304 e. The van der Waals surface area contributed by atoms with Gasteiger partial charge in [-0.25, -0.2) is 0 Å². The molecule has 0 fully saturated rings. The number of aromatic nitrogens is 4. The second-order valence-electron chi connectivity index (χ2n) is 4.92. The molecule has 1 heterocycles. The molecule has 0 aliphatic rings. The van der Waals surface area contributed by atoms with E-state index in [-0.39, 0.29) is 0 Å². The molecule has 0 spiro atoms. The van der Waals surface area contributed by atoms with Gasteiger partial charge in [0.05, 0.1) is 17.2 Å². The van der Waals surface area contributed by atoms with E-state index in [1.54, 1.807) is 0 Å². The van der Waals surface area contributed by atoms with Crippen LogP contribution in [0, 0.1) is 21.8 Å². The van der Waals surface area contributed by atoms with Gasteiger partial charge in [-0.2, -0.15) is 9.07 Å². The molecule has 0 atom stereocenters. The van der Waals surface area contributed by atoms with Gasteiger partial charge in [-0.1, -0.05) is 13.8 Å². The maximum atomic E-state index is 13.6. The number of hydrogen-bond donors (Lipinski definition) is 1. The monoisotopic (exact) mass is 294 g/mol. The van der Waals surface area contributed by atoms with Crippen molar-refractivity contribution in [3.05, 3.63) is 40.0 Å². The highest BCUT2D eigenvalue weighted by Crippen LogP contribution is 2.20. The zero-order valence-corrected chi connectivity index (χ0v) is 11.7. The van der Waals surface area contributed by atoms with Crippen molar-refractivity contribution in [1.82, 2.24) is 25.5 Å². The predicted octanol–water partition coefficient (Wildman–Crippen LogP) is 1.46. The van der Waals surface area contributed by atoms with E-state index in [1.807, 2.05) is 0 Å². The Balaban J connectivity index is 2.21. The highest BCUT2D eigenvalue weighted by Gasteiger charge is 2.16. The Bertz CT molecular complexity index is 642. The van der Waals surface area contributed by atoms with E-state index in [0.717, 1.165) is 18.7 Å². The van der Waals surface area contributed by atoms with Crippen LogP contribution in [0.5, 0.6) is 0 Å². The van der Waals surface area contributed by atoms with Crippen LogP contribution in [0.15, 0.2) is 18.2 Å². The largest absolute Gasteiger partial charge is 0.310 e. The quantitative estimate of drug-likeness (QED) is 0.639. The first-order chi connectivity index (χ1) is 9.99. The first-order valence-corrected chi connectivity index (χ1v) is 6.41. The number of benzene rings is 1. The summed E-state index contributed by atoms with van der Waals surface area (Å²) >= 11 is 0. The molecule has 21 heavy (non-hydrogen) atoms. The van der Waals surface area contributed by atoms with Gasteiger partial charge in [-0.15, -0.1) is 5.10 Å². The average molecular weight is 294 g/mol. The van der Waals surface area contributed by atoms with Gasteiger partial charge in [0.1, 0.15) is 0 Å². The number of hydrogen-bond acceptors (Lipinski definition) is 6. The van der Waals surface area contributed by atoms with Crippen LogP contribution in [0.4, 0.5) is 10.1 Å². The second-order valence-corrected chi connectivity index (χ2v) is 4.92. The minimum atomic E-state index is -0.922. The van der Waals surface area contributed by atoms with Crippen LogP contribution in [0.3, 0.4) is 0 Å². The van der Waals surface area contributed by atoms with E-state index in [9.17, 15) is 14.5 Å². The summed E-state index contributed by atoms with van der Waals surface area (Å²) < 4.78 is 15.0. The van der Waals surface area contributed by atoms with Gasteiger partial charge in [-0.3, -0.25) is 10.1 Å². The molecular weight excluding hydrogens is 279 g/mol. The Morgan fingerprint density at radius 3 is 2.86 bits per heavy atom. The van der Waals surface area contributed by atoms with Crippen molar-refractivity contribution in [1.29, 1.82) is 0 Å². The van der Waals surface area contributed by atoms with Crippen molar-refractivity contribution < 1.29 is 9.31 Å². The van der Waals surface area contributed by atoms with Gasteiger partial charge in [0.15, 0.2) is 5.82 Å². The van der Waals surface area contributed by atoms with Crippen molar-refractivity contribution in [2.45, 2.75) is 20.4 Å². The topological polar surface area (TPSA) is 98.8 Å². The van der Waals surface area contributed by atoms with E-state index in [4.69, 9.17) is 0 Å². The molecule has 0 aliphatic carbocycles. The lowest BCUT2D eigenvalue weighted by atomic mass is 10.2. The van der Waals surface area contributed by atoms with E-state index in [2.05, 4.69) is 34.7 Å². The number of nitrogens with zero attached hydrogens (tertiary/aromatic N) is 5. The van der Waals surface area contributed by atoms with Crippen molar-refractivity contribution in [2.75, 3.05) is 6.54 Å². The third-order valence-electron chi connectivity index (χ3n) is 2.74. The Morgan fingerprint density at radius 2 is 2.24 bits per heavy atom. The Morgan fingerprint density at radius 1 is 1.48 bits per heavy atom. The number of tetrazole rings is 1. The summed E-state index contributed by atoms with van der Waals surface area (Å²) in [6, 6.07) is 3.54. The molecule has 9 heteroatoms. The van der Waals surface area contributed by atoms with E-state index in [1.165, 1.54) is 10.7 Å². The normalized spacial score (nSPS) is 11.0. The molecule has 0 aliphatic heterocycles. The molecule has 1 aromatic heterocycles. The van der Waals surface area contributed by atoms with Crippen LogP contribution in [0.1, 0.15) is 19.7 Å². The standard InChI is InChI=1S/C12H15FN6O2/c1-8(2)6-14-7-12-15-16-17-18(12)9-3-4-11(19(20)21)10(13)5-9/h3-5,8,14H,6-7H2,1-2H3. The van der Waals surface area contributed by atoms with Crippen LogP contribution < -0.4 is 5.32 Å². The summed E-state index contributed by atoms with van der Waals surface area (Å²) in [4.78, 5) is 9.83. The first kappa shape index (κ1) is 15.0. The summed E-state index contributed by atoms with van der Waals surface area (Å²) in [5.41, 5.74) is -0.240. The molecule has 112 valence electrons. The van der Waals surface area contributed by atoms with Gasteiger partial charge in [0.25, 0.3) is 0 Å². The van der Waals surface area contributed by atoms with Crippen molar-refractivity contribution in [3.63, 3.8) is 0 Å². The van der Waals surface area contributed by atoms with Crippen molar-refractivity contribution in [2.24, 2.45) is 5.92 Å². The predicted molar refractivity (Wildman–Crippen MR) is 72.3 cm³/mol. The summed E-state index contributed by atoms with van der Waals surface area (Å²) in [5, 5.41) is 25.0. The minimum absolute atomic E-state index is 0.337. The van der Waals surface area contributed by atoms with Crippen molar-refractivity contribution >= 4 is 5.69 Å². The molecule has 0 unspecified atom stereocenters. The summed E-state index contributed by atoms with van der Waals surface area (Å²) in [6.07, 6.45) is 0. The highest BCUT2D eigenvalue weighted by molar-refractivity contribution is 5.42. The van der Waals surface area contributed by atoms with E-state index in [0.29, 0.717) is 24.0 Å². The zero-order valence-electron chi connectivity index (χ0n) is 11.7. The lowest BCUT2D eigenvalue weighted by Gasteiger charge is -2.08. The van der Waals surface area contributed by atoms with Crippen LogP contribution in [-0.4, -0.2) is 31.7 Å². The van der Waals surface area contributed by atoms with E-state index < -0.39 is 16.4 Å². The Labute approximate surface area is 120 Å². The molecule has 2 aromatic rings. The second kappa shape index (κ2) is 6.35. The van der Waals surface area contributed by atoms with Gasteiger partial charge >= 0.3 is 5.69 Å². The van der Waals surface area contributed by atoms with Crippen molar-refractivity contribution in [3.8, 4) is 5.69 Å². The fourth-order valence-electron chi connectivity index (χ4n) is 1.76. The smallest absolute Gasteiger partial charge is 0.304 e. The fourth-order valence-corrected chi connectivity index (χ4v) is 1.76. The molecule has 0 saturated heterocycles. The number of nitro benzene ring substituents is 1. The summed E-state index contributed by atoms with van der Waals surface area (Å²) in [7, 11) is 0. The molecular formula is C12H15FN6O2. The Kier molecular flexibility index (Phi) is 4.53. The first-order valence-electron chi connectivity index (χ1n) is 6.41. The number of nitro groups is 1. The lowest BCUT2D eigenvalue weighted by molar-refractivity contribution is -0.387. The maximum absolute atomic E-state index is 13.6. The van der Waals surface area contributed by atoms with Crippen LogP contribution in [0.25, 0.3) is 5.69 Å². The van der Waals surface area contributed by atoms with E-state index >= 15 is 0 Å². The molecule has 0 saturated carbocycles. The third kappa shape index (κ3) is 3.57. The van der Waals surface area contributed by atoms with Crippen LogP contribution in [0.2, 0.25) is 0 Å². The SMILES string of the molecule is CC(C)CNCc1nnnn1-c1ccc([N+](=O)[O-])c(F)c1. The fraction of sp³-hybridized carbons (Fsp3) is 0.417. The molecule has 2 rings (SSSR count). The highest BCUT2D eigenvalue weighted by atomic mass is 19.1. The third-order valence-corrected chi connectivity index (χ3v) is 2.74. The number of nitrogens with one attached hydrogen (secondary N) is 1. The molecule has 8 nitrogen and oxygen atoms in total. The molecule has 0 bridgehead atoms. The van der Waals surface area contributed by atoms with Gasteiger partial charge in [-0.05, 0) is 29.0 Å². The van der Waals surface area contributed by atoms with Gasteiger partial charge in [0.2, 0.25) is 5.82 Å². The summed E-state index contributed by atoms with van der Waals surface area (Å²) in [6.45, 7) is 5.36. The zero-order chi connectivity index (χ0) is 15.4. The van der Waals surface area contributed by atoms with Gasteiger partial charge < -0.3 is 5.32 Å². The molecule has 0 radical (unpaired) electrons. The van der Waals surface area contributed by atoms with Crippen LogP contribution in [-0.2, 0) is 6.54 Å².